The summed E-state index contributed by atoms with van der Waals surface area (Å²) >= 11 is 0. The van der Waals surface area contributed by atoms with Gasteiger partial charge >= 0.3 is 5.97 Å². The second-order valence-electron chi connectivity index (χ2n) is 11.6. The minimum atomic E-state index is -0.703. The maximum atomic E-state index is 10.9. The lowest BCUT2D eigenvalue weighted by Crippen LogP contribution is -2.31. The molecule has 210 valence electrons. The molecule has 2 aliphatic carbocycles. The van der Waals surface area contributed by atoms with E-state index in [4.69, 9.17) is 24.1 Å². The number of carbonyl (C=O) groups is 1. The minimum Gasteiger partial charge on any atom is -0.481 e. The van der Waals surface area contributed by atoms with Gasteiger partial charge in [-0.25, -0.2) is 0 Å². The molecule has 0 aromatic heterocycles. The van der Waals surface area contributed by atoms with Crippen LogP contribution in [0, 0.1) is 17.8 Å². The van der Waals surface area contributed by atoms with Gasteiger partial charge in [0, 0.05) is 25.6 Å². The second-order valence-corrected chi connectivity index (χ2v) is 11.6. The van der Waals surface area contributed by atoms with Crippen molar-refractivity contribution in [1.82, 2.24) is 0 Å². The molecule has 4 fully saturated rings. The molecular formula is C31H50O6. The van der Waals surface area contributed by atoms with Gasteiger partial charge in [0.1, 0.15) is 0 Å². The van der Waals surface area contributed by atoms with E-state index in [1.54, 1.807) is 0 Å². The van der Waals surface area contributed by atoms with Crippen LogP contribution in [0.2, 0.25) is 0 Å². The Morgan fingerprint density at radius 1 is 1.05 bits per heavy atom. The number of hydrogen-bond donors (Lipinski definition) is 1. The summed E-state index contributed by atoms with van der Waals surface area (Å²) in [6, 6.07) is 0. The lowest BCUT2D eigenvalue weighted by molar-refractivity contribution is -0.193. The third-order valence-electron chi connectivity index (χ3n) is 8.68. The summed E-state index contributed by atoms with van der Waals surface area (Å²) in [4.78, 5) is 10.9. The summed E-state index contributed by atoms with van der Waals surface area (Å²) in [5.41, 5.74) is 1.51. The molecule has 2 unspecified atom stereocenters. The number of fused-ring (bicyclic) bond motifs is 1. The summed E-state index contributed by atoms with van der Waals surface area (Å²) in [7, 11) is 0. The molecule has 2 heterocycles. The summed E-state index contributed by atoms with van der Waals surface area (Å²) in [5, 5.41) is 8.94. The van der Waals surface area contributed by atoms with Gasteiger partial charge in [0.2, 0.25) is 0 Å². The molecule has 0 bridgehead atoms. The first-order valence-electron chi connectivity index (χ1n) is 15.2. The first-order chi connectivity index (χ1) is 18.1. The van der Waals surface area contributed by atoms with Crippen molar-refractivity contribution in [3.63, 3.8) is 0 Å². The van der Waals surface area contributed by atoms with Crippen LogP contribution < -0.4 is 0 Å². The van der Waals surface area contributed by atoms with Gasteiger partial charge in [0.05, 0.1) is 12.2 Å². The van der Waals surface area contributed by atoms with Crippen molar-refractivity contribution in [3.05, 3.63) is 23.8 Å². The Hall–Kier alpha value is -1.21. The van der Waals surface area contributed by atoms with E-state index >= 15 is 0 Å². The zero-order valence-electron chi connectivity index (χ0n) is 23.0. The lowest BCUT2D eigenvalue weighted by Gasteiger charge is -2.30. The molecule has 0 aromatic rings. The van der Waals surface area contributed by atoms with Crippen molar-refractivity contribution in [2.75, 3.05) is 13.2 Å². The molecule has 6 nitrogen and oxygen atoms in total. The van der Waals surface area contributed by atoms with E-state index in [1.165, 1.54) is 37.7 Å². The monoisotopic (exact) mass is 518 g/mol. The van der Waals surface area contributed by atoms with Crippen LogP contribution in [0.3, 0.4) is 0 Å². The first kappa shape index (κ1) is 28.8. The molecule has 7 atom stereocenters. The number of unbranched alkanes of at least 4 members (excludes halogenated alkanes) is 3. The molecule has 37 heavy (non-hydrogen) atoms. The van der Waals surface area contributed by atoms with Gasteiger partial charge in [-0.15, -0.1) is 0 Å². The fourth-order valence-corrected chi connectivity index (χ4v) is 6.70. The van der Waals surface area contributed by atoms with Crippen molar-refractivity contribution in [1.29, 1.82) is 0 Å². The topological polar surface area (TPSA) is 74.2 Å². The van der Waals surface area contributed by atoms with E-state index in [9.17, 15) is 4.79 Å². The molecule has 4 rings (SSSR count). The van der Waals surface area contributed by atoms with Crippen LogP contribution in [0.1, 0.15) is 110 Å². The SMILES string of the molecule is CCCCC[C@@H](/C=C/[C@@H]1[C@H]2C/C(=C\CCCC(=O)O)C[C@H]2C[C@H]1OC1CCCCO1)OC1CCCCO1. The van der Waals surface area contributed by atoms with Crippen molar-refractivity contribution in [3.8, 4) is 0 Å². The molecule has 0 aromatic carbocycles. The van der Waals surface area contributed by atoms with Crippen LogP contribution in [0.15, 0.2) is 23.8 Å². The zero-order chi connectivity index (χ0) is 25.9. The van der Waals surface area contributed by atoms with E-state index in [1.807, 2.05) is 0 Å². The third kappa shape index (κ3) is 9.19. The summed E-state index contributed by atoms with van der Waals surface area (Å²) in [6.07, 6.45) is 23.7. The molecule has 1 N–H and O–H groups in total. The molecule has 0 spiro atoms. The largest absolute Gasteiger partial charge is 0.481 e. The van der Waals surface area contributed by atoms with E-state index in [2.05, 4.69) is 25.2 Å². The number of allylic oxidation sites excluding steroid dienone is 2. The lowest BCUT2D eigenvalue weighted by atomic mass is 9.90. The van der Waals surface area contributed by atoms with Crippen molar-refractivity contribution in [2.24, 2.45) is 17.8 Å². The van der Waals surface area contributed by atoms with Crippen LogP contribution in [0.5, 0.6) is 0 Å². The van der Waals surface area contributed by atoms with Crippen molar-refractivity contribution < 1.29 is 28.8 Å². The number of carboxylic acid groups (broad SMARTS) is 1. The number of ether oxygens (including phenoxy) is 4. The Balaban J connectivity index is 1.42. The quantitative estimate of drug-likeness (QED) is 0.194. The van der Waals surface area contributed by atoms with Gasteiger partial charge in [-0.05, 0) is 88.9 Å². The number of carboxylic acids is 1. The normalized spacial score (nSPS) is 34.2. The summed E-state index contributed by atoms with van der Waals surface area (Å²) < 4.78 is 25.0. The Bertz CT molecular complexity index is 736. The Morgan fingerprint density at radius 2 is 1.84 bits per heavy atom. The smallest absolute Gasteiger partial charge is 0.303 e. The highest BCUT2D eigenvalue weighted by Gasteiger charge is 2.47. The predicted octanol–water partition coefficient (Wildman–Crippen LogP) is 7.17. The van der Waals surface area contributed by atoms with Gasteiger partial charge in [-0.1, -0.05) is 50.0 Å². The number of hydrogen-bond acceptors (Lipinski definition) is 5. The third-order valence-corrected chi connectivity index (χ3v) is 8.68. The maximum Gasteiger partial charge on any atom is 0.303 e. The predicted molar refractivity (Wildman–Crippen MR) is 144 cm³/mol. The average Bonchev–Trinajstić information content (AvgIpc) is 3.43. The molecule has 0 radical (unpaired) electrons. The summed E-state index contributed by atoms with van der Waals surface area (Å²) in [5.74, 6) is 0.879. The standard InChI is InChI=1S/C31H50O6/c1-2-3-4-12-25(36-30-14-7-9-18-34-30)16-17-26-27-21-23(11-5-6-13-29(32)33)20-24(27)22-28(26)37-31-15-8-10-19-35-31/h11,16-17,24-28,30-31H,2-10,12-15,18-22H2,1H3,(H,32,33)/b17-16+,23-11-/t24-,25-,26+,27-,28+,30?,31?/m0/s1. The molecular weight excluding hydrogens is 468 g/mol. The molecule has 2 saturated carbocycles. The molecule has 2 saturated heterocycles. The van der Waals surface area contributed by atoms with Gasteiger partial charge < -0.3 is 24.1 Å². The molecule has 2 aliphatic heterocycles. The van der Waals surface area contributed by atoms with Gasteiger partial charge in [-0.2, -0.15) is 0 Å². The maximum absolute atomic E-state index is 10.9. The Kier molecular flexibility index (Phi) is 12.0. The minimum absolute atomic E-state index is 0.0632. The fraction of sp³-hybridized carbons (Fsp3) is 0.839. The highest BCUT2D eigenvalue weighted by molar-refractivity contribution is 5.66. The van der Waals surface area contributed by atoms with E-state index in [0.29, 0.717) is 17.8 Å². The summed E-state index contributed by atoms with van der Waals surface area (Å²) in [6.45, 7) is 3.86. The first-order valence-corrected chi connectivity index (χ1v) is 15.2. The van der Waals surface area contributed by atoms with E-state index in [-0.39, 0.29) is 31.2 Å². The zero-order valence-corrected chi connectivity index (χ0v) is 23.0. The second kappa shape index (κ2) is 15.4. The van der Waals surface area contributed by atoms with Gasteiger partial charge in [0.15, 0.2) is 12.6 Å². The average molecular weight is 519 g/mol. The number of rotatable bonds is 14. The van der Waals surface area contributed by atoms with Crippen molar-refractivity contribution >= 4 is 5.97 Å². The van der Waals surface area contributed by atoms with Crippen LogP contribution in [0.25, 0.3) is 0 Å². The Morgan fingerprint density at radius 3 is 2.54 bits per heavy atom. The van der Waals surface area contributed by atoms with Crippen LogP contribution >= 0.6 is 0 Å². The van der Waals surface area contributed by atoms with Crippen LogP contribution in [-0.2, 0) is 23.7 Å². The van der Waals surface area contributed by atoms with Crippen LogP contribution in [-0.4, -0.2) is 49.1 Å². The molecule has 0 amide bonds. The highest BCUT2D eigenvalue weighted by atomic mass is 16.7. The molecule has 4 aliphatic rings. The number of aliphatic carboxylic acids is 1. The van der Waals surface area contributed by atoms with Crippen molar-refractivity contribution in [2.45, 2.75) is 134 Å². The van der Waals surface area contributed by atoms with Gasteiger partial charge in [-0.3, -0.25) is 4.79 Å². The van der Waals surface area contributed by atoms with E-state index in [0.717, 1.165) is 77.4 Å². The van der Waals surface area contributed by atoms with Gasteiger partial charge in [0.25, 0.3) is 0 Å². The molecule has 6 heteroatoms. The Labute approximate surface area is 224 Å². The van der Waals surface area contributed by atoms with E-state index < -0.39 is 5.97 Å². The highest BCUT2D eigenvalue weighted by Crippen LogP contribution is 2.52. The fourth-order valence-electron chi connectivity index (χ4n) is 6.70. The van der Waals surface area contributed by atoms with Crippen LogP contribution in [0.4, 0.5) is 0 Å².